The van der Waals surface area contributed by atoms with Crippen LogP contribution in [-0.4, -0.2) is 14.2 Å². The van der Waals surface area contributed by atoms with E-state index >= 15 is 0 Å². The average Bonchev–Trinajstić information content (AvgIpc) is 3.28. The van der Waals surface area contributed by atoms with Crippen LogP contribution in [0.1, 0.15) is 29.5 Å². The van der Waals surface area contributed by atoms with Crippen LogP contribution in [0.4, 0.5) is 5.69 Å². The molecule has 1 aliphatic heterocycles. The van der Waals surface area contributed by atoms with Crippen LogP contribution in [0.25, 0.3) is 11.1 Å². The van der Waals surface area contributed by atoms with Gasteiger partial charge in [0.15, 0.2) is 11.5 Å². The highest BCUT2D eigenvalue weighted by Gasteiger charge is 2.39. The standard InChI is InChI=1S/C26H25NO2/c1-28-24-13-7-12-21(26(24)29-2)25-20-11-6-10-19(20)22-16-18(14-15-23(22)27-25)17-8-4-3-5-9-17/h3-10,12-16,19-20,25,27H,11H2,1-2H3/t19-,20-,25+/m0/s1. The molecule has 3 atom stereocenters. The lowest BCUT2D eigenvalue weighted by Crippen LogP contribution is -2.29. The van der Waals surface area contributed by atoms with Crippen molar-refractivity contribution in [1.29, 1.82) is 0 Å². The molecule has 0 unspecified atom stereocenters. The minimum atomic E-state index is 0.176. The summed E-state index contributed by atoms with van der Waals surface area (Å²) in [7, 11) is 3.41. The van der Waals surface area contributed by atoms with Crippen LogP contribution in [0, 0.1) is 5.92 Å². The summed E-state index contributed by atoms with van der Waals surface area (Å²) >= 11 is 0. The molecule has 0 saturated carbocycles. The van der Waals surface area contributed by atoms with Crippen molar-refractivity contribution < 1.29 is 9.47 Å². The second kappa shape index (κ2) is 7.32. The van der Waals surface area contributed by atoms with E-state index in [1.165, 1.54) is 22.4 Å². The zero-order valence-corrected chi connectivity index (χ0v) is 16.8. The Bertz CT molecular complexity index is 1060. The highest BCUT2D eigenvalue weighted by Crippen LogP contribution is 2.52. The van der Waals surface area contributed by atoms with Gasteiger partial charge >= 0.3 is 0 Å². The van der Waals surface area contributed by atoms with E-state index in [2.05, 4.69) is 72.1 Å². The summed E-state index contributed by atoms with van der Waals surface area (Å²) < 4.78 is 11.3. The number of methoxy groups -OCH3 is 2. The molecule has 0 amide bonds. The number of fused-ring (bicyclic) bond motifs is 3. The monoisotopic (exact) mass is 383 g/mol. The van der Waals surface area contributed by atoms with Gasteiger partial charge in [-0.25, -0.2) is 0 Å². The number of para-hydroxylation sites is 1. The SMILES string of the molecule is COc1cccc([C@@H]2Nc3ccc(-c4ccccc4)cc3[C@H]3C=CC[C@@H]32)c1OC. The van der Waals surface area contributed by atoms with Gasteiger partial charge in [-0.3, -0.25) is 0 Å². The van der Waals surface area contributed by atoms with Crippen LogP contribution < -0.4 is 14.8 Å². The van der Waals surface area contributed by atoms with E-state index in [1.807, 2.05) is 12.1 Å². The normalized spacial score (nSPS) is 21.8. The first-order valence-corrected chi connectivity index (χ1v) is 10.1. The third kappa shape index (κ3) is 2.98. The molecule has 3 aromatic carbocycles. The van der Waals surface area contributed by atoms with Crippen molar-refractivity contribution in [2.75, 3.05) is 19.5 Å². The van der Waals surface area contributed by atoms with Gasteiger partial charge in [-0.1, -0.05) is 60.7 Å². The van der Waals surface area contributed by atoms with Gasteiger partial charge in [0.1, 0.15) is 0 Å². The minimum absolute atomic E-state index is 0.176. The van der Waals surface area contributed by atoms with Crippen LogP contribution >= 0.6 is 0 Å². The maximum absolute atomic E-state index is 5.75. The molecule has 1 N–H and O–H groups in total. The Morgan fingerprint density at radius 2 is 1.69 bits per heavy atom. The Balaban J connectivity index is 1.58. The fraction of sp³-hybridized carbons (Fsp3) is 0.231. The first kappa shape index (κ1) is 17.9. The fourth-order valence-electron chi connectivity index (χ4n) is 4.87. The first-order valence-electron chi connectivity index (χ1n) is 10.1. The summed E-state index contributed by atoms with van der Waals surface area (Å²) in [5.41, 5.74) is 6.26. The minimum Gasteiger partial charge on any atom is -0.493 e. The Hall–Kier alpha value is -3.20. The smallest absolute Gasteiger partial charge is 0.165 e. The van der Waals surface area contributed by atoms with E-state index < -0.39 is 0 Å². The molecule has 1 heterocycles. The van der Waals surface area contributed by atoms with Gasteiger partial charge in [0.05, 0.1) is 20.3 Å². The number of rotatable bonds is 4. The molecule has 5 rings (SSSR count). The van der Waals surface area contributed by atoms with Crippen molar-refractivity contribution in [2.45, 2.75) is 18.4 Å². The summed E-state index contributed by atoms with van der Waals surface area (Å²) in [5.74, 6) is 2.45. The second-order valence-corrected chi connectivity index (χ2v) is 7.73. The molecule has 29 heavy (non-hydrogen) atoms. The predicted molar refractivity (Wildman–Crippen MR) is 118 cm³/mol. The van der Waals surface area contributed by atoms with Crippen LogP contribution in [0.3, 0.4) is 0 Å². The molecular formula is C26H25NO2. The summed E-state index contributed by atoms with van der Waals surface area (Å²) in [6.07, 6.45) is 5.75. The van der Waals surface area contributed by atoms with Gasteiger partial charge in [0, 0.05) is 17.2 Å². The number of nitrogens with one attached hydrogen (secondary N) is 1. The predicted octanol–water partition coefficient (Wildman–Crippen LogP) is 6.20. The number of ether oxygens (including phenoxy) is 2. The van der Waals surface area contributed by atoms with E-state index in [1.54, 1.807) is 14.2 Å². The first-order chi connectivity index (χ1) is 14.3. The van der Waals surface area contributed by atoms with Gasteiger partial charge < -0.3 is 14.8 Å². The molecule has 3 nitrogen and oxygen atoms in total. The number of hydrogen-bond acceptors (Lipinski definition) is 3. The van der Waals surface area contributed by atoms with E-state index in [9.17, 15) is 0 Å². The maximum atomic E-state index is 5.75. The van der Waals surface area contributed by atoms with Crippen molar-refractivity contribution in [3.63, 3.8) is 0 Å². The van der Waals surface area contributed by atoms with Crippen molar-refractivity contribution >= 4 is 5.69 Å². The Labute approximate surface area is 172 Å². The summed E-state index contributed by atoms with van der Waals surface area (Å²) in [6, 6.07) is 23.7. The Morgan fingerprint density at radius 3 is 2.48 bits per heavy atom. The fourth-order valence-corrected chi connectivity index (χ4v) is 4.87. The molecule has 0 bridgehead atoms. The largest absolute Gasteiger partial charge is 0.493 e. The molecule has 0 radical (unpaired) electrons. The van der Waals surface area contributed by atoms with Gasteiger partial charge in [0.25, 0.3) is 0 Å². The highest BCUT2D eigenvalue weighted by atomic mass is 16.5. The topological polar surface area (TPSA) is 30.5 Å². The summed E-state index contributed by atoms with van der Waals surface area (Å²) in [5, 5.41) is 3.81. The molecule has 0 aromatic heterocycles. The molecule has 146 valence electrons. The maximum Gasteiger partial charge on any atom is 0.165 e. The lowest BCUT2D eigenvalue weighted by molar-refractivity contribution is 0.341. The van der Waals surface area contributed by atoms with Crippen LogP contribution in [0.5, 0.6) is 11.5 Å². The van der Waals surface area contributed by atoms with E-state index in [0.29, 0.717) is 11.8 Å². The van der Waals surface area contributed by atoms with E-state index in [-0.39, 0.29) is 6.04 Å². The second-order valence-electron chi connectivity index (χ2n) is 7.73. The number of hydrogen-bond donors (Lipinski definition) is 1. The van der Waals surface area contributed by atoms with Crippen LogP contribution in [0.15, 0.2) is 78.9 Å². The Kier molecular flexibility index (Phi) is 4.51. The van der Waals surface area contributed by atoms with Gasteiger partial charge in [-0.2, -0.15) is 0 Å². The molecule has 1 aliphatic carbocycles. The quantitative estimate of drug-likeness (QED) is 0.544. The van der Waals surface area contributed by atoms with Crippen LogP contribution in [0.2, 0.25) is 0 Å². The van der Waals surface area contributed by atoms with Gasteiger partial charge in [-0.05, 0) is 47.2 Å². The number of benzene rings is 3. The lowest BCUT2D eigenvalue weighted by atomic mass is 9.76. The molecule has 0 fully saturated rings. The van der Waals surface area contributed by atoms with Gasteiger partial charge in [-0.15, -0.1) is 0 Å². The number of allylic oxidation sites excluding steroid dienone is 2. The van der Waals surface area contributed by atoms with Crippen molar-refractivity contribution in [1.82, 2.24) is 0 Å². The molecular weight excluding hydrogens is 358 g/mol. The zero-order chi connectivity index (χ0) is 19.8. The third-order valence-electron chi connectivity index (χ3n) is 6.24. The molecule has 0 spiro atoms. The number of anilines is 1. The third-order valence-corrected chi connectivity index (χ3v) is 6.24. The Morgan fingerprint density at radius 1 is 0.828 bits per heavy atom. The van der Waals surface area contributed by atoms with Crippen molar-refractivity contribution in [3.8, 4) is 22.6 Å². The average molecular weight is 383 g/mol. The van der Waals surface area contributed by atoms with Crippen LogP contribution in [-0.2, 0) is 0 Å². The van der Waals surface area contributed by atoms with E-state index in [4.69, 9.17) is 9.47 Å². The molecule has 3 aromatic rings. The van der Waals surface area contributed by atoms with Gasteiger partial charge in [0.2, 0.25) is 0 Å². The summed E-state index contributed by atoms with van der Waals surface area (Å²) in [6.45, 7) is 0. The van der Waals surface area contributed by atoms with E-state index in [0.717, 1.165) is 23.5 Å². The summed E-state index contributed by atoms with van der Waals surface area (Å²) in [4.78, 5) is 0. The molecule has 3 heteroatoms. The highest BCUT2D eigenvalue weighted by molar-refractivity contribution is 5.71. The zero-order valence-electron chi connectivity index (χ0n) is 16.8. The van der Waals surface area contributed by atoms with Crippen molar-refractivity contribution in [3.05, 3.63) is 90.0 Å². The lowest BCUT2D eigenvalue weighted by Gasteiger charge is -2.38. The van der Waals surface area contributed by atoms with Crippen molar-refractivity contribution in [2.24, 2.45) is 5.92 Å². The molecule has 0 saturated heterocycles. The molecule has 2 aliphatic rings.